The predicted molar refractivity (Wildman–Crippen MR) is 158 cm³/mol. The molecule has 1 N–H and O–H groups in total. The van der Waals surface area contributed by atoms with Gasteiger partial charge in [0, 0.05) is 31.4 Å². The predicted octanol–water partition coefficient (Wildman–Crippen LogP) is 5.68. The number of halogens is 3. The number of nitriles is 1. The molecular weight excluding hydrogens is 611 g/mol. The van der Waals surface area contributed by atoms with Gasteiger partial charge in [-0.2, -0.15) is 23.7 Å². The lowest BCUT2D eigenvalue weighted by Crippen LogP contribution is -2.31. The van der Waals surface area contributed by atoms with Crippen LogP contribution >= 0.6 is 13.5 Å². The van der Waals surface area contributed by atoms with Crippen LogP contribution in [0, 0.1) is 28.8 Å². The maximum atomic E-state index is 15.3. The van der Waals surface area contributed by atoms with Crippen molar-refractivity contribution in [3.63, 3.8) is 0 Å². The van der Waals surface area contributed by atoms with Crippen LogP contribution in [0.4, 0.5) is 13.2 Å². The Bertz CT molecular complexity index is 1940. The Balaban J connectivity index is 0.00000400. The standard InChI is InChI=1S/C31H22F3N5O5.H2S/c32-22-13-20(44-29-5-7-36-27(37-29)16-43-26-4-1-17(14-35)9-23(26)33)3-2-18(22)12-28-38-30-24(34)10-19(31(40)41)11-25(30)39(28)15-21-6-8-42-21;/h1-5,7,9-11,13,21H,6,8,12,15-16H2,(H,40,41);1H2/t21-;/m0./s1. The molecule has 3 aromatic carbocycles. The first-order valence-electron chi connectivity index (χ1n) is 13.4. The Morgan fingerprint density at radius 2 is 1.89 bits per heavy atom. The number of carboxylic acids is 1. The lowest BCUT2D eigenvalue weighted by molar-refractivity contribution is -0.0589. The van der Waals surface area contributed by atoms with Crippen LogP contribution in [0.3, 0.4) is 0 Å². The molecular formula is C31H24F3N5O5S. The van der Waals surface area contributed by atoms with Crippen molar-refractivity contribution in [3.05, 3.63) is 107 Å². The highest BCUT2D eigenvalue weighted by Gasteiger charge is 2.24. The molecule has 5 aromatic rings. The van der Waals surface area contributed by atoms with Gasteiger partial charge in [0.2, 0.25) is 5.88 Å². The smallest absolute Gasteiger partial charge is 0.335 e. The number of aromatic carboxylic acids is 1. The Morgan fingerprint density at radius 3 is 2.58 bits per heavy atom. The topological polar surface area (TPSA) is 132 Å². The molecule has 1 saturated heterocycles. The van der Waals surface area contributed by atoms with E-state index >= 15 is 4.39 Å². The van der Waals surface area contributed by atoms with Gasteiger partial charge in [-0.3, -0.25) is 0 Å². The third-order valence-corrected chi connectivity index (χ3v) is 7.01. The molecule has 1 atom stereocenters. The van der Waals surface area contributed by atoms with E-state index in [0.29, 0.717) is 24.5 Å². The zero-order chi connectivity index (χ0) is 30.8. The first kappa shape index (κ1) is 31.3. The molecule has 0 aliphatic carbocycles. The van der Waals surface area contributed by atoms with Crippen molar-refractivity contribution >= 4 is 30.5 Å². The summed E-state index contributed by atoms with van der Waals surface area (Å²) in [5, 5.41) is 18.3. The van der Waals surface area contributed by atoms with E-state index in [0.717, 1.165) is 18.6 Å². The average molecular weight is 636 g/mol. The Labute approximate surface area is 261 Å². The molecule has 0 spiro atoms. The van der Waals surface area contributed by atoms with Crippen LogP contribution in [-0.4, -0.2) is 43.3 Å². The second kappa shape index (κ2) is 13.2. The molecule has 0 saturated carbocycles. The third-order valence-electron chi connectivity index (χ3n) is 7.01. The van der Waals surface area contributed by atoms with Gasteiger partial charge in [-0.05, 0) is 48.4 Å². The zero-order valence-corrected chi connectivity index (χ0v) is 24.3. The molecule has 1 aliphatic heterocycles. The normalized spacial score (nSPS) is 13.9. The van der Waals surface area contributed by atoms with Crippen molar-refractivity contribution < 1.29 is 37.3 Å². The van der Waals surface area contributed by atoms with Crippen molar-refractivity contribution in [1.29, 1.82) is 5.26 Å². The van der Waals surface area contributed by atoms with Gasteiger partial charge in [0.1, 0.15) is 29.5 Å². The molecule has 230 valence electrons. The summed E-state index contributed by atoms with van der Waals surface area (Å²) in [5.41, 5.74) is 0.480. The number of nitrogens with zero attached hydrogens (tertiary/aromatic N) is 5. The van der Waals surface area contributed by atoms with E-state index < -0.39 is 23.4 Å². The van der Waals surface area contributed by atoms with Crippen LogP contribution < -0.4 is 9.47 Å². The molecule has 45 heavy (non-hydrogen) atoms. The second-order valence-electron chi connectivity index (χ2n) is 9.94. The molecule has 0 amide bonds. The van der Waals surface area contributed by atoms with E-state index in [4.69, 9.17) is 19.5 Å². The number of fused-ring (bicyclic) bond motifs is 1. The average Bonchev–Trinajstić information content (AvgIpc) is 3.33. The lowest BCUT2D eigenvalue weighted by atomic mass is 10.1. The van der Waals surface area contributed by atoms with Crippen LogP contribution in [-0.2, 0) is 24.3 Å². The molecule has 0 radical (unpaired) electrons. The van der Waals surface area contributed by atoms with Gasteiger partial charge in [-0.15, -0.1) is 0 Å². The highest BCUT2D eigenvalue weighted by Crippen LogP contribution is 2.28. The highest BCUT2D eigenvalue weighted by molar-refractivity contribution is 7.59. The lowest BCUT2D eigenvalue weighted by Gasteiger charge is -2.27. The maximum Gasteiger partial charge on any atom is 0.335 e. The molecule has 6 rings (SSSR count). The Morgan fingerprint density at radius 1 is 1.07 bits per heavy atom. The number of hydrogen-bond donors (Lipinski definition) is 1. The molecule has 14 heteroatoms. The summed E-state index contributed by atoms with van der Waals surface area (Å²) in [6.45, 7) is 0.720. The minimum atomic E-state index is -1.27. The van der Waals surface area contributed by atoms with E-state index in [1.165, 1.54) is 48.7 Å². The van der Waals surface area contributed by atoms with E-state index in [2.05, 4.69) is 15.0 Å². The fourth-order valence-corrected chi connectivity index (χ4v) is 4.69. The summed E-state index contributed by atoms with van der Waals surface area (Å²) in [7, 11) is 0. The Hall–Kier alpha value is -5.13. The largest absolute Gasteiger partial charge is 0.483 e. The van der Waals surface area contributed by atoms with Crippen molar-refractivity contribution in [3.8, 4) is 23.4 Å². The zero-order valence-electron chi connectivity index (χ0n) is 23.3. The highest BCUT2D eigenvalue weighted by atomic mass is 32.1. The SMILES string of the molecule is N#Cc1ccc(OCc2nccc(Oc3ccc(Cc4nc5c(F)cc(C(=O)O)cc5n4C[C@@H]4CCO4)c(F)c3)n2)c(F)c1.S. The summed E-state index contributed by atoms with van der Waals surface area (Å²) in [4.78, 5) is 24.2. The van der Waals surface area contributed by atoms with Gasteiger partial charge >= 0.3 is 5.97 Å². The molecule has 0 unspecified atom stereocenters. The molecule has 1 fully saturated rings. The van der Waals surface area contributed by atoms with Crippen LogP contribution in [0.1, 0.15) is 39.6 Å². The van der Waals surface area contributed by atoms with Gasteiger partial charge in [0.15, 0.2) is 23.2 Å². The van der Waals surface area contributed by atoms with Crippen LogP contribution in [0.5, 0.6) is 17.4 Å². The first-order valence-corrected chi connectivity index (χ1v) is 13.4. The van der Waals surface area contributed by atoms with E-state index in [1.807, 2.05) is 6.07 Å². The quantitative estimate of drug-likeness (QED) is 0.206. The van der Waals surface area contributed by atoms with Crippen LogP contribution in [0.2, 0.25) is 0 Å². The summed E-state index contributed by atoms with van der Waals surface area (Å²) in [6, 6.07) is 13.6. The van der Waals surface area contributed by atoms with Gasteiger partial charge in [-0.25, -0.2) is 27.9 Å². The van der Waals surface area contributed by atoms with E-state index in [1.54, 1.807) is 4.57 Å². The van der Waals surface area contributed by atoms with Crippen LogP contribution in [0.15, 0.2) is 60.8 Å². The van der Waals surface area contributed by atoms with Crippen LogP contribution in [0.25, 0.3) is 11.0 Å². The van der Waals surface area contributed by atoms with Gasteiger partial charge in [-0.1, -0.05) is 6.07 Å². The maximum absolute atomic E-state index is 15.3. The van der Waals surface area contributed by atoms with Crippen molar-refractivity contribution in [2.24, 2.45) is 0 Å². The molecule has 1 aliphatic rings. The van der Waals surface area contributed by atoms with E-state index in [-0.39, 0.29) is 78.0 Å². The molecule has 0 bridgehead atoms. The minimum absolute atomic E-state index is 0. The van der Waals surface area contributed by atoms with Crippen molar-refractivity contribution in [1.82, 2.24) is 19.5 Å². The third kappa shape index (κ3) is 6.84. The number of carbonyl (C=O) groups is 1. The molecule has 2 aromatic heterocycles. The summed E-state index contributed by atoms with van der Waals surface area (Å²) in [6.07, 6.45) is 2.04. The number of benzene rings is 3. The number of hydrogen-bond acceptors (Lipinski definition) is 8. The monoisotopic (exact) mass is 635 g/mol. The second-order valence-corrected chi connectivity index (χ2v) is 9.94. The molecule has 10 nitrogen and oxygen atoms in total. The molecule has 3 heterocycles. The van der Waals surface area contributed by atoms with Gasteiger partial charge < -0.3 is 23.9 Å². The van der Waals surface area contributed by atoms with Crippen molar-refractivity contribution in [2.75, 3.05) is 6.61 Å². The van der Waals surface area contributed by atoms with Gasteiger partial charge in [0.25, 0.3) is 0 Å². The summed E-state index contributed by atoms with van der Waals surface area (Å²) < 4.78 is 62.5. The number of rotatable bonds is 10. The number of imidazole rings is 1. The number of ether oxygens (including phenoxy) is 3. The Kier molecular flexibility index (Phi) is 9.21. The number of carboxylic acid groups (broad SMARTS) is 1. The fraction of sp³-hybridized carbons (Fsp3) is 0.194. The summed E-state index contributed by atoms with van der Waals surface area (Å²) >= 11 is 0. The summed E-state index contributed by atoms with van der Waals surface area (Å²) in [5.74, 6) is -2.67. The van der Waals surface area contributed by atoms with Crippen molar-refractivity contribution in [2.45, 2.75) is 32.1 Å². The van der Waals surface area contributed by atoms with E-state index in [9.17, 15) is 18.7 Å². The first-order chi connectivity index (χ1) is 21.3. The van der Waals surface area contributed by atoms with Gasteiger partial charge in [0.05, 0.1) is 35.4 Å². The minimum Gasteiger partial charge on any atom is -0.483 e. The number of aromatic nitrogens is 4. The fourth-order valence-electron chi connectivity index (χ4n) is 4.69.